The molecule has 2 atom stereocenters. The highest BCUT2D eigenvalue weighted by atomic mass is 32.2. The third-order valence-corrected chi connectivity index (χ3v) is 6.78. The van der Waals surface area contributed by atoms with Crippen LogP contribution in [0.5, 0.6) is 0 Å². The van der Waals surface area contributed by atoms with Crippen molar-refractivity contribution in [2.24, 2.45) is 0 Å². The maximum Gasteiger partial charge on any atom is 0.416 e. The predicted molar refractivity (Wildman–Crippen MR) is 112 cm³/mol. The number of urea groups is 1. The van der Waals surface area contributed by atoms with E-state index in [1.165, 1.54) is 12.1 Å². The summed E-state index contributed by atoms with van der Waals surface area (Å²) < 4.78 is 49.5. The van der Waals surface area contributed by atoms with Gasteiger partial charge in [-0.05, 0) is 24.1 Å². The van der Waals surface area contributed by atoms with Crippen LogP contribution in [-0.2, 0) is 17.3 Å². The summed E-state index contributed by atoms with van der Waals surface area (Å²) in [4.78, 5) is 21.1. The van der Waals surface area contributed by atoms with Crippen molar-refractivity contribution in [3.05, 3.63) is 47.1 Å². The minimum Gasteiger partial charge on any atom is -0.384 e. The van der Waals surface area contributed by atoms with E-state index in [2.05, 4.69) is 10.1 Å². The van der Waals surface area contributed by atoms with E-state index in [0.717, 1.165) is 23.4 Å². The van der Waals surface area contributed by atoms with E-state index in [4.69, 9.17) is 9.26 Å². The smallest absolute Gasteiger partial charge is 0.384 e. The number of piperidine rings is 1. The van der Waals surface area contributed by atoms with Crippen molar-refractivity contribution in [1.29, 1.82) is 0 Å². The van der Waals surface area contributed by atoms with Gasteiger partial charge in [-0.1, -0.05) is 17.3 Å². The molecule has 11 heteroatoms. The standard InChI is InChI=1S/C21H25F3N4O3S/c1-30-8-6-18-25-19(31-26-18)16-10-15(14-2-4-17(5-3-14)21(22,23)24)11-28(12-16)20(29)27-7-9-32-13-27/h2-5,15-16H,6-13H2,1H3. The molecule has 1 aromatic heterocycles. The monoisotopic (exact) mass is 470 g/mol. The van der Waals surface area contributed by atoms with Crippen LogP contribution in [0.4, 0.5) is 18.0 Å². The van der Waals surface area contributed by atoms with Crippen molar-refractivity contribution >= 4 is 17.8 Å². The molecule has 2 aliphatic heterocycles. The summed E-state index contributed by atoms with van der Waals surface area (Å²) in [5.41, 5.74) is 0.0748. The van der Waals surface area contributed by atoms with E-state index in [-0.39, 0.29) is 17.9 Å². The average molecular weight is 471 g/mol. The van der Waals surface area contributed by atoms with Crippen molar-refractivity contribution in [2.45, 2.75) is 30.9 Å². The predicted octanol–water partition coefficient (Wildman–Crippen LogP) is 3.98. The minimum atomic E-state index is -4.38. The Morgan fingerprint density at radius 2 is 1.97 bits per heavy atom. The third-order valence-electron chi connectivity index (χ3n) is 5.82. The Bertz CT molecular complexity index is 916. The molecule has 3 heterocycles. The van der Waals surface area contributed by atoms with Gasteiger partial charge in [0.2, 0.25) is 5.89 Å². The summed E-state index contributed by atoms with van der Waals surface area (Å²) >= 11 is 1.70. The second-order valence-electron chi connectivity index (χ2n) is 8.03. The maximum atomic E-state index is 13.1. The number of ether oxygens (including phenoxy) is 1. The van der Waals surface area contributed by atoms with Crippen LogP contribution in [0.15, 0.2) is 28.8 Å². The van der Waals surface area contributed by atoms with Gasteiger partial charge in [-0.25, -0.2) is 4.79 Å². The number of carbonyl (C=O) groups excluding carboxylic acids is 1. The molecule has 1 aromatic carbocycles. The summed E-state index contributed by atoms with van der Waals surface area (Å²) in [6.45, 7) is 2.03. The van der Waals surface area contributed by atoms with Gasteiger partial charge in [-0.3, -0.25) is 0 Å². The highest BCUT2D eigenvalue weighted by Crippen LogP contribution is 2.37. The van der Waals surface area contributed by atoms with E-state index in [9.17, 15) is 18.0 Å². The lowest BCUT2D eigenvalue weighted by Gasteiger charge is -2.38. The van der Waals surface area contributed by atoms with E-state index >= 15 is 0 Å². The number of amides is 2. The summed E-state index contributed by atoms with van der Waals surface area (Å²) in [7, 11) is 1.59. The van der Waals surface area contributed by atoms with Gasteiger partial charge in [0.05, 0.1) is 24.0 Å². The molecule has 0 saturated carbocycles. The minimum absolute atomic E-state index is 0.0595. The molecule has 0 spiro atoms. The van der Waals surface area contributed by atoms with E-state index in [0.29, 0.717) is 56.7 Å². The molecule has 174 valence electrons. The van der Waals surface area contributed by atoms with Crippen molar-refractivity contribution in [2.75, 3.05) is 45.0 Å². The van der Waals surface area contributed by atoms with Crippen LogP contribution < -0.4 is 0 Å². The lowest BCUT2D eigenvalue weighted by molar-refractivity contribution is -0.137. The first-order chi connectivity index (χ1) is 15.3. The quantitative estimate of drug-likeness (QED) is 0.659. The Morgan fingerprint density at radius 3 is 2.62 bits per heavy atom. The van der Waals surface area contributed by atoms with Gasteiger partial charge in [-0.2, -0.15) is 18.2 Å². The van der Waals surface area contributed by atoms with Crippen LogP contribution in [0.3, 0.4) is 0 Å². The molecule has 2 aliphatic rings. The molecule has 0 bridgehead atoms. The van der Waals surface area contributed by atoms with Gasteiger partial charge in [0.15, 0.2) is 5.82 Å². The number of nitrogens with zero attached hydrogens (tertiary/aromatic N) is 4. The Morgan fingerprint density at radius 1 is 1.22 bits per heavy atom. The molecule has 2 amide bonds. The number of alkyl halides is 3. The number of hydrogen-bond acceptors (Lipinski definition) is 6. The molecule has 2 aromatic rings. The van der Waals surface area contributed by atoms with E-state index in [1.54, 1.807) is 28.7 Å². The van der Waals surface area contributed by atoms with Gasteiger partial charge < -0.3 is 19.1 Å². The number of carbonyl (C=O) groups is 1. The molecule has 0 aliphatic carbocycles. The Balaban J connectivity index is 1.56. The lowest BCUT2D eigenvalue weighted by atomic mass is 9.84. The van der Waals surface area contributed by atoms with E-state index in [1.807, 2.05) is 0 Å². The molecule has 2 unspecified atom stereocenters. The zero-order valence-electron chi connectivity index (χ0n) is 17.7. The second-order valence-corrected chi connectivity index (χ2v) is 9.10. The fourth-order valence-electron chi connectivity index (χ4n) is 4.11. The zero-order valence-corrected chi connectivity index (χ0v) is 18.5. The van der Waals surface area contributed by atoms with Gasteiger partial charge >= 0.3 is 12.2 Å². The Kier molecular flexibility index (Phi) is 6.94. The highest BCUT2D eigenvalue weighted by Gasteiger charge is 2.37. The molecule has 4 rings (SSSR count). The Hall–Kier alpha value is -2.27. The fourth-order valence-corrected chi connectivity index (χ4v) is 5.05. The SMILES string of the molecule is COCCc1noc(C2CC(c3ccc(C(F)(F)F)cc3)CN(C(=O)N3CCSC3)C2)n1. The zero-order chi connectivity index (χ0) is 22.7. The van der Waals surface area contributed by atoms with Crippen LogP contribution in [-0.4, -0.2) is 71.0 Å². The van der Waals surface area contributed by atoms with Crippen molar-refractivity contribution in [1.82, 2.24) is 19.9 Å². The largest absolute Gasteiger partial charge is 0.416 e. The third kappa shape index (κ3) is 5.20. The number of hydrogen-bond donors (Lipinski definition) is 0. The van der Waals surface area contributed by atoms with Crippen LogP contribution in [0.1, 0.15) is 41.1 Å². The highest BCUT2D eigenvalue weighted by molar-refractivity contribution is 7.99. The van der Waals surface area contributed by atoms with Crippen LogP contribution in [0.25, 0.3) is 0 Å². The van der Waals surface area contributed by atoms with Gasteiger partial charge in [0.25, 0.3) is 0 Å². The molecular weight excluding hydrogens is 445 g/mol. The molecule has 2 fully saturated rings. The number of thioether (sulfide) groups is 1. The number of aromatic nitrogens is 2. The molecule has 32 heavy (non-hydrogen) atoms. The van der Waals surface area contributed by atoms with Crippen molar-refractivity contribution in [3.8, 4) is 0 Å². The van der Waals surface area contributed by atoms with Gasteiger partial charge in [-0.15, -0.1) is 11.8 Å². The lowest BCUT2D eigenvalue weighted by Crippen LogP contribution is -2.48. The van der Waals surface area contributed by atoms with Crippen molar-refractivity contribution < 1.29 is 27.2 Å². The van der Waals surface area contributed by atoms with Gasteiger partial charge in [0.1, 0.15) is 0 Å². The van der Waals surface area contributed by atoms with Crippen LogP contribution >= 0.6 is 11.8 Å². The number of methoxy groups -OCH3 is 1. The van der Waals surface area contributed by atoms with Crippen LogP contribution in [0, 0.1) is 0 Å². The second kappa shape index (κ2) is 9.70. The summed E-state index contributed by atoms with van der Waals surface area (Å²) in [5, 5.41) is 4.00. The Labute approximate surface area is 188 Å². The molecule has 7 nitrogen and oxygen atoms in total. The van der Waals surface area contributed by atoms with Crippen LogP contribution in [0.2, 0.25) is 0 Å². The normalized spacial score (nSPS) is 21.9. The number of rotatable bonds is 5. The first kappa shape index (κ1) is 22.9. The summed E-state index contributed by atoms with van der Waals surface area (Å²) in [5.74, 6) is 2.20. The maximum absolute atomic E-state index is 13.1. The topological polar surface area (TPSA) is 71.7 Å². The number of likely N-dealkylation sites (tertiary alicyclic amines) is 1. The number of benzene rings is 1. The number of halogens is 3. The van der Waals surface area contributed by atoms with E-state index < -0.39 is 11.7 Å². The fraction of sp³-hybridized carbons (Fsp3) is 0.571. The average Bonchev–Trinajstić information content (AvgIpc) is 3.49. The summed E-state index contributed by atoms with van der Waals surface area (Å²) in [6, 6.07) is 5.13. The first-order valence-electron chi connectivity index (χ1n) is 10.5. The first-order valence-corrected chi connectivity index (χ1v) is 11.6. The van der Waals surface area contributed by atoms with Gasteiger partial charge in [0, 0.05) is 44.8 Å². The summed E-state index contributed by atoms with van der Waals surface area (Å²) in [6.07, 6.45) is -3.26. The van der Waals surface area contributed by atoms with Crippen molar-refractivity contribution in [3.63, 3.8) is 0 Å². The molecular formula is C21H25F3N4O3S. The molecule has 0 N–H and O–H groups in total. The molecule has 2 saturated heterocycles. The molecule has 0 radical (unpaired) electrons.